The Morgan fingerprint density at radius 2 is 2.00 bits per heavy atom. The van der Waals surface area contributed by atoms with Gasteiger partial charge in [-0.1, -0.05) is 20.3 Å². The van der Waals surface area contributed by atoms with Crippen molar-refractivity contribution in [2.75, 3.05) is 31.9 Å². The first-order chi connectivity index (χ1) is 8.10. The number of nitrogens with zero attached hydrogens (tertiary/aromatic N) is 1. The fourth-order valence-electron chi connectivity index (χ4n) is 2.33. The van der Waals surface area contributed by atoms with E-state index in [0.29, 0.717) is 25.6 Å². The molecule has 0 aromatic heterocycles. The Labute approximate surface area is 106 Å². The summed E-state index contributed by atoms with van der Waals surface area (Å²) in [6.07, 6.45) is 4.39. The molecule has 0 aromatic rings. The molecule has 17 heavy (non-hydrogen) atoms. The van der Waals surface area contributed by atoms with Crippen molar-refractivity contribution in [2.24, 2.45) is 5.92 Å². The second kappa shape index (κ2) is 7.34. The lowest BCUT2D eigenvalue weighted by atomic mass is 9.98. The number of rotatable bonds is 6. The van der Waals surface area contributed by atoms with Crippen molar-refractivity contribution in [3.05, 3.63) is 0 Å². The van der Waals surface area contributed by atoms with Gasteiger partial charge in [0.25, 0.3) is 0 Å². The lowest BCUT2D eigenvalue weighted by Gasteiger charge is -2.20. The summed E-state index contributed by atoms with van der Waals surface area (Å²) in [5, 5.41) is 3.07. The van der Waals surface area contributed by atoms with Gasteiger partial charge in [-0.3, -0.25) is 0 Å². The molecular formula is C12H26N2O2S. The van der Waals surface area contributed by atoms with E-state index in [1.54, 1.807) is 4.31 Å². The van der Waals surface area contributed by atoms with E-state index >= 15 is 0 Å². The van der Waals surface area contributed by atoms with Crippen LogP contribution in [0, 0.1) is 5.92 Å². The highest BCUT2D eigenvalue weighted by molar-refractivity contribution is 7.89. The highest BCUT2D eigenvalue weighted by Crippen LogP contribution is 2.21. The van der Waals surface area contributed by atoms with Gasteiger partial charge in [0, 0.05) is 19.6 Å². The summed E-state index contributed by atoms with van der Waals surface area (Å²) in [5.41, 5.74) is 0. The fraction of sp³-hybridized carbons (Fsp3) is 1.00. The van der Waals surface area contributed by atoms with Crippen LogP contribution in [0.1, 0.15) is 39.5 Å². The van der Waals surface area contributed by atoms with Gasteiger partial charge in [0.2, 0.25) is 10.0 Å². The third kappa shape index (κ3) is 4.94. The number of hydrogen-bond donors (Lipinski definition) is 1. The van der Waals surface area contributed by atoms with Crippen LogP contribution < -0.4 is 5.32 Å². The molecule has 0 amide bonds. The smallest absolute Gasteiger partial charge is 0.215 e. The van der Waals surface area contributed by atoms with Gasteiger partial charge in [-0.05, 0) is 31.7 Å². The van der Waals surface area contributed by atoms with Gasteiger partial charge in [-0.15, -0.1) is 0 Å². The third-order valence-corrected chi connectivity index (χ3v) is 5.44. The van der Waals surface area contributed by atoms with E-state index in [4.69, 9.17) is 0 Å². The topological polar surface area (TPSA) is 49.4 Å². The van der Waals surface area contributed by atoms with E-state index in [2.05, 4.69) is 12.2 Å². The highest BCUT2D eigenvalue weighted by Gasteiger charge is 2.24. The molecule has 1 aliphatic rings. The van der Waals surface area contributed by atoms with E-state index in [0.717, 1.165) is 19.4 Å². The Bertz CT molecular complexity index is 304. The van der Waals surface area contributed by atoms with Crippen molar-refractivity contribution < 1.29 is 8.42 Å². The van der Waals surface area contributed by atoms with Gasteiger partial charge in [-0.25, -0.2) is 12.7 Å². The molecule has 102 valence electrons. The Morgan fingerprint density at radius 1 is 1.24 bits per heavy atom. The largest absolute Gasteiger partial charge is 0.316 e. The van der Waals surface area contributed by atoms with Crippen LogP contribution in [-0.2, 0) is 10.0 Å². The Hall–Kier alpha value is -0.130. The number of sulfonamides is 1. The van der Waals surface area contributed by atoms with Crippen LogP contribution in [0.25, 0.3) is 0 Å². The molecule has 1 atom stereocenters. The molecule has 4 nitrogen and oxygen atoms in total. The van der Waals surface area contributed by atoms with Crippen LogP contribution in [0.2, 0.25) is 0 Å². The van der Waals surface area contributed by atoms with E-state index in [1.165, 1.54) is 12.8 Å². The van der Waals surface area contributed by atoms with Gasteiger partial charge in [0.05, 0.1) is 5.75 Å². The average Bonchev–Trinajstić information content (AvgIpc) is 2.54. The molecular weight excluding hydrogens is 236 g/mol. The number of nitrogens with one attached hydrogen (secondary N) is 1. The molecule has 1 aliphatic heterocycles. The number of hydrogen-bond acceptors (Lipinski definition) is 3. The first-order valence-corrected chi connectivity index (χ1v) is 8.39. The first kappa shape index (κ1) is 14.9. The van der Waals surface area contributed by atoms with Crippen LogP contribution in [0.4, 0.5) is 0 Å². The van der Waals surface area contributed by atoms with Crippen molar-refractivity contribution in [1.29, 1.82) is 0 Å². The summed E-state index contributed by atoms with van der Waals surface area (Å²) >= 11 is 0. The molecule has 0 bridgehead atoms. The maximum absolute atomic E-state index is 12.1. The standard InChI is InChI=1S/C12H26N2O2S/c1-3-12-6-5-9-14(10-7-12)17(15,16)11-8-13-4-2/h12-13H,3-11H2,1-2H3. The van der Waals surface area contributed by atoms with Gasteiger partial charge in [-0.2, -0.15) is 0 Å². The van der Waals surface area contributed by atoms with Crippen molar-refractivity contribution >= 4 is 10.0 Å². The summed E-state index contributed by atoms with van der Waals surface area (Å²) in [6.45, 7) is 7.00. The van der Waals surface area contributed by atoms with Crippen molar-refractivity contribution in [3.63, 3.8) is 0 Å². The molecule has 1 saturated heterocycles. The second-order valence-electron chi connectivity index (χ2n) is 4.77. The van der Waals surface area contributed by atoms with E-state index < -0.39 is 10.0 Å². The lowest BCUT2D eigenvalue weighted by molar-refractivity contribution is 0.407. The third-order valence-electron chi connectivity index (χ3n) is 3.56. The van der Waals surface area contributed by atoms with Gasteiger partial charge in [0.15, 0.2) is 0 Å². The summed E-state index contributed by atoms with van der Waals surface area (Å²) < 4.78 is 25.9. The summed E-state index contributed by atoms with van der Waals surface area (Å²) in [7, 11) is -3.04. The fourth-order valence-corrected chi connectivity index (χ4v) is 3.78. The van der Waals surface area contributed by atoms with Crippen LogP contribution in [0.15, 0.2) is 0 Å². The zero-order valence-corrected chi connectivity index (χ0v) is 11.9. The maximum Gasteiger partial charge on any atom is 0.215 e. The molecule has 0 aromatic carbocycles. The van der Waals surface area contributed by atoms with Crippen molar-refractivity contribution in [3.8, 4) is 0 Å². The van der Waals surface area contributed by atoms with E-state index in [9.17, 15) is 8.42 Å². The Balaban J connectivity index is 2.47. The molecule has 0 saturated carbocycles. The minimum atomic E-state index is -3.04. The van der Waals surface area contributed by atoms with E-state index in [1.807, 2.05) is 6.92 Å². The Morgan fingerprint density at radius 3 is 2.65 bits per heavy atom. The molecule has 1 heterocycles. The lowest BCUT2D eigenvalue weighted by Crippen LogP contribution is -2.37. The molecule has 1 N–H and O–H groups in total. The summed E-state index contributed by atoms with van der Waals surface area (Å²) in [4.78, 5) is 0. The van der Waals surface area contributed by atoms with Gasteiger partial charge in [0.1, 0.15) is 0 Å². The average molecular weight is 262 g/mol. The van der Waals surface area contributed by atoms with E-state index in [-0.39, 0.29) is 5.75 Å². The molecule has 0 aliphatic carbocycles. The summed E-state index contributed by atoms with van der Waals surface area (Å²) in [5.74, 6) is 0.946. The van der Waals surface area contributed by atoms with Crippen LogP contribution >= 0.6 is 0 Å². The monoisotopic (exact) mass is 262 g/mol. The minimum Gasteiger partial charge on any atom is -0.316 e. The van der Waals surface area contributed by atoms with Gasteiger partial charge < -0.3 is 5.32 Å². The van der Waals surface area contributed by atoms with Crippen LogP contribution in [-0.4, -0.2) is 44.7 Å². The second-order valence-corrected chi connectivity index (χ2v) is 6.86. The highest BCUT2D eigenvalue weighted by atomic mass is 32.2. The SMILES string of the molecule is CCNCCS(=O)(=O)N1CCCC(CC)CC1. The predicted octanol–water partition coefficient (Wildman–Crippen LogP) is 1.44. The molecule has 1 fully saturated rings. The molecule has 1 unspecified atom stereocenters. The van der Waals surface area contributed by atoms with Gasteiger partial charge >= 0.3 is 0 Å². The molecule has 5 heteroatoms. The minimum absolute atomic E-state index is 0.234. The van der Waals surface area contributed by atoms with Crippen LogP contribution in [0.3, 0.4) is 0 Å². The summed E-state index contributed by atoms with van der Waals surface area (Å²) in [6, 6.07) is 0. The maximum atomic E-state index is 12.1. The zero-order valence-electron chi connectivity index (χ0n) is 11.1. The predicted molar refractivity (Wildman–Crippen MR) is 71.5 cm³/mol. The van der Waals surface area contributed by atoms with Crippen molar-refractivity contribution in [2.45, 2.75) is 39.5 Å². The zero-order chi connectivity index (χ0) is 12.7. The quantitative estimate of drug-likeness (QED) is 0.737. The first-order valence-electron chi connectivity index (χ1n) is 6.78. The normalized spacial score (nSPS) is 23.5. The van der Waals surface area contributed by atoms with Crippen LogP contribution in [0.5, 0.6) is 0 Å². The molecule has 0 spiro atoms. The molecule has 1 rings (SSSR count). The Kier molecular flexibility index (Phi) is 6.44. The van der Waals surface area contributed by atoms with Crippen molar-refractivity contribution in [1.82, 2.24) is 9.62 Å². The molecule has 0 radical (unpaired) electrons.